The van der Waals surface area contributed by atoms with Crippen molar-refractivity contribution in [2.45, 2.75) is 18.7 Å². The van der Waals surface area contributed by atoms with Gasteiger partial charge in [-0.15, -0.1) is 11.8 Å². The van der Waals surface area contributed by atoms with Crippen molar-refractivity contribution >= 4 is 34.8 Å². The number of ketones is 1. The maximum atomic E-state index is 11.2. The van der Waals surface area contributed by atoms with Gasteiger partial charge in [-0.25, -0.2) is 0 Å². The molecule has 1 fully saturated rings. The van der Waals surface area contributed by atoms with Gasteiger partial charge in [0.2, 0.25) is 0 Å². The molecule has 2 rings (SSSR count). The minimum atomic E-state index is 0.0984. The molecule has 1 unspecified atom stereocenters. The van der Waals surface area contributed by atoms with Crippen molar-refractivity contribution in [2.75, 3.05) is 26.0 Å². The number of para-hydroxylation sites is 2. The van der Waals surface area contributed by atoms with Crippen LogP contribution >= 0.6 is 24.0 Å². The number of rotatable bonds is 6. The zero-order valence-electron chi connectivity index (χ0n) is 12.2. The first-order valence-corrected chi connectivity index (χ1v) is 8.24. The number of hydrogen-bond acceptors (Lipinski definition) is 5. The van der Waals surface area contributed by atoms with Crippen molar-refractivity contribution in [1.82, 2.24) is 4.90 Å². The molecule has 0 spiro atoms. The third kappa shape index (κ3) is 4.35. The summed E-state index contributed by atoms with van der Waals surface area (Å²) in [5.41, 5.74) is 0. The number of carbonyl (C=O) groups excluding carboxylic acids is 1. The van der Waals surface area contributed by atoms with E-state index in [9.17, 15) is 4.79 Å². The molecule has 21 heavy (non-hydrogen) atoms. The average Bonchev–Trinajstić information content (AvgIpc) is 2.93. The number of thiocarbonyl (C=S) groups is 1. The van der Waals surface area contributed by atoms with E-state index in [4.69, 9.17) is 21.7 Å². The van der Waals surface area contributed by atoms with Gasteiger partial charge >= 0.3 is 0 Å². The highest BCUT2D eigenvalue weighted by Crippen LogP contribution is 2.29. The van der Waals surface area contributed by atoms with Crippen LogP contribution in [-0.2, 0) is 4.79 Å². The third-order valence-corrected chi connectivity index (χ3v) is 4.73. The summed E-state index contributed by atoms with van der Waals surface area (Å²) >= 11 is 7.16. The largest absolute Gasteiger partial charge is 0.493 e. The number of benzene rings is 1. The lowest BCUT2D eigenvalue weighted by molar-refractivity contribution is -0.115. The fourth-order valence-corrected chi connectivity index (χ4v) is 3.80. The van der Waals surface area contributed by atoms with Gasteiger partial charge < -0.3 is 14.4 Å². The second-order valence-electron chi connectivity index (χ2n) is 4.75. The molecular weight excluding hydrogens is 306 g/mol. The molecule has 0 amide bonds. The van der Waals surface area contributed by atoms with Gasteiger partial charge in [0.05, 0.1) is 18.5 Å². The van der Waals surface area contributed by atoms with Gasteiger partial charge in [-0.05, 0) is 19.1 Å². The average molecular weight is 325 g/mol. The maximum Gasteiger partial charge on any atom is 0.161 e. The van der Waals surface area contributed by atoms with Crippen LogP contribution in [0, 0.1) is 0 Å². The minimum absolute atomic E-state index is 0.0984. The van der Waals surface area contributed by atoms with Crippen molar-refractivity contribution in [3.05, 3.63) is 24.3 Å². The summed E-state index contributed by atoms with van der Waals surface area (Å²) in [7, 11) is 1.63. The highest BCUT2D eigenvalue weighted by molar-refractivity contribution is 8.00. The lowest BCUT2D eigenvalue weighted by Gasteiger charge is -2.26. The summed E-state index contributed by atoms with van der Waals surface area (Å²) in [6.45, 7) is 2.95. The summed E-state index contributed by atoms with van der Waals surface area (Å²) in [5.74, 6) is 2.54. The van der Waals surface area contributed by atoms with E-state index in [1.165, 1.54) is 0 Å². The van der Waals surface area contributed by atoms with Crippen molar-refractivity contribution < 1.29 is 14.3 Å². The predicted molar refractivity (Wildman–Crippen MR) is 89.3 cm³/mol. The van der Waals surface area contributed by atoms with Gasteiger partial charge in [0.25, 0.3) is 0 Å². The van der Waals surface area contributed by atoms with Crippen LogP contribution in [0.25, 0.3) is 0 Å². The molecule has 1 aliphatic rings. The molecule has 0 N–H and O–H groups in total. The zero-order valence-corrected chi connectivity index (χ0v) is 13.8. The number of hydrogen-bond donors (Lipinski definition) is 0. The Morgan fingerprint density at radius 1 is 1.43 bits per heavy atom. The van der Waals surface area contributed by atoms with E-state index in [0.29, 0.717) is 18.0 Å². The summed E-state index contributed by atoms with van der Waals surface area (Å²) in [6, 6.07) is 7.58. The van der Waals surface area contributed by atoms with Crippen molar-refractivity contribution in [1.29, 1.82) is 0 Å². The molecule has 0 aliphatic carbocycles. The third-order valence-electron chi connectivity index (χ3n) is 3.16. The Balaban J connectivity index is 1.95. The summed E-state index contributed by atoms with van der Waals surface area (Å²) in [6.07, 6.45) is 0.334. The normalized spacial score (nSPS) is 17.6. The summed E-state index contributed by atoms with van der Waals surface area (Å²) in [5, 5.41) is 0.154. The molecule has 6 heteroatoms. The number of methoxy groups -OCH3 is 1. The first-order chi connectivity index (χ1) is 10.1. The monoisotopic (exact) mass is 325 g/mol. The molecule has 0 radical (unpaired) electrons. The van der Waals surface area contributed by atoms with Crippen LogP contribution in [0.3, 0.4) is 0 Å². The minimum Gasteiger partial charge on any atom is -0.493 e. The molecule has 4 nitrogen and oxygen atoms in total. The molecule has 1 aromatic rings. The Bertz CT molecular complexity index is 521. The zero-order chi connectivity index (χ0) is 15.2. The van der Waals surface area contributed by atoms with Crippen LogP contribution in [-0.4, -0.2) is 47.1 Å². The quantitative estimate of drug-likeness (QED) is 0.749. The standard InChI is InChI=1S/C15H19NO3S2/c1-11(17)9-14(20)16-7-8-21-15(16)10-19-13-6-4-3-5-12(13)18-2/h3-6,15H,7-10H2,1-2H3. The van der Waals surface area contributed by atoms with Gasteiger partial charge in [-0.2, -0.15) is 0 Å². The second kappa shape index (κ2) is 7.66. The fourth-order valence-electron chi connectivity index (χ4n) is 2.16. The van der Waals surface area contributed by atoms with Crippen molar-refractivity contribution in [3.63, 3.8) is 0 Å². The van der Waals surface area contributed by atoms with E-state index in [-0.39, 0.29) is 11.2 Å². The fraction of sp³-hybridized carbons (Fsp3) is 0.467. The first-order valence-electron chi connectivity index (χ1n) is 6.78. The van der Waals surface area contributed by atoms with Crippen LogP contribution in [0.4, 0.5) is 0 Å². The molecule has 1 aliphatic heterocycles. The number of Topliss-reactive ketones (excluding diaryl/α,β-unsaturated/α-hetero) is 1. The van der Waals surface area contributed by atoms with Crippen molar-refractivity contribution in [3.8, 4) is 11.5 Å². The summed E-state index contributed by atoms with van der Waals surface area (Å²) < 4.78 is 11.1. The Hall–Kier alpha value is -1.27. The highest BCUT2D eigenvalue weighted by atomic mass is 32.2. The number of nitrogens with zero attached hydrogens (tertiary/aromatic N) is 1. The van der Waals surface area contributed by atoms with Gasteiger partial charge in [0.1, 0.15) is 17.8 Å². The van der Waals surface area contributed by atoms with Gasteiger partial charge in [-0.3, -0.25) is 4.79 Å². The van der Waals surface area contributed by atoms with E-state index in [1.807, 2.05) is 24.3 Å². The summed E-state index contributed by atoms with van der Waals surface area (Å²) in [4.78, 5) is 14.0. The van der Waals surface area contributed by atoms with E-state index in [1.54, 1.807) is 25.8 Å². The molecule has 1 heterocycles. The van der Waals surface area contributed by atoms with Crippen LogP contribution in [0.5, 0.6) is 11.5 Å². The van der Waals surface area contributed by atoms with E-state index < -0.39 is 0 Å². The molecule has 1 aromatic carbocycles. The molecule has 0 bridgehead atoms. The Morgan fingerprint density at radius 2 is 2.14 bits per heavy atom. The number of thioether (sulfide) groups is 1. The topological polar surface area (TPSA) is 38.8 Å². The van der Waals surface area contributed by atoms with Gasteiger partial charge in [0.15, 0.2) is 11.5 Å². The lowest BCUT2D eigenvalue weighted by atomic mass is 10.3. The van der Waals surface area contributed by atoms with E-state index in [2.05, 4.69) is 4.90 Å². The smallest absolute Gasteiger partial charge is 0.161 e. The van der Waals surface area contributed by atoms with Crippen LogP contribution in [0.15, 0.2) is 24.3 Å². The number of ether oxygens (including phenoxy) is 2. The Labute approximate surface area is 134 Å². The van der Waals surface area contributed by atoms with E-state index in [0.717, 1.165) is 23.8 Å². The van der Waals surface area contributed by atoms with Crippen LogP contribution in [0.1, 0.15) is 13.3 Å². The van der Waals surface area contributed by atoms with E-state index >= 15 is 0 Å². The molecule has 1 atom stereocenters. The SMILES string of the molecule is COc1ccccc1OCC1SCCN1C(=S)CC(C)=O. The van der Waals surface area contributed by atoms with Crippen molar-refractivity contribution in [2.24, 2.45) is 0 Å². The van der Waals surface area contributed by atoms with Crippen LogP contribution < -0.4 is 9.47 Å². The molecular formula is C15H19NO3S2. The maximum absolute atomic E-state index is 11.2. The van der Waals surface area contributed by atoms with Gasteiger partial charge in [-0.1, -0.05) is 24.4 Å². The number of carbonyl (C=O) groups is 1. The van der Waals surface area contributed by atoms with Gasteiger partial charge in [0, 0.05) is 12.3 Å². The first kappa shape index (κ1) is 16.1. The molecule has 0 aromatic heterocycles. The lowest BCUT2D eigenvalue weighted by Crippen LogP contribution is -2.37. The predicted octanol–water partition coefficient (Wildman–Crippen LogP) is 2.76. The second-order valence-corrected chi connectivity index (χ2v) is 6.51. The molecule has 1 saturated heterocycles. The molecule has 114 valence electrons. The Morgan fingerprint density at radius 3 is 2.81 bits per heavy atom. The highest BCUT2D eigenvalue weighted by Gasteiger charge is 2.28. The Kier molecular flexibility index (Phi) is 5.87. The molecule has 0 saturated carbocycles. The van der Waals surface area contributed by atoms with Crippen LogP contribution in [0.2, 0.25) is 0 Å².